The van der Waals surface area contributed by atoms with Gasteiger partial charge in [0.2, 0.25) is 0 Å². The van der Waals surface area contributed by atoms with Crippen LogP contribution in [-0.2, 0) is 33.4 Å². The molecule has 0 aliphatic carbocycles. The molecule has 2 heterocycles. The molecule has 190 valence electrons. The number of rotatable bonds is 11. The van der Waals surface area contributed by atoms with Crippen molar-refractivity contribution in [3.05, 3.63) is 69.3 Å². The summed E-state index contributed by atoms with van der Waals surface area (Å²) in [5, 5.41) is 11.8. The molecule has 0 amide bonds. The van der Waals surface area contributed by atoms with Gasteiger partial charge in [0, 0.05) is 17.5 Å². The largest absolute Gasteiger partial charge is 0.494 e. The lowest BCUT2D eigenvalue weighted by atomic mass is 10.2. The maximum Gasteiger partial charge on any atom is 0.188 e. The van der Waals surface area contributed by atoms with Gasteiger partial charge in [-0.2, -0.15) is 0 Å². The van der Waals surface area contributed by atoms with Crippen LogP contribution >= 0.6 is 22.9 Å². The molecule has 0 spiro atoms. The Hall–Kier alpha value is -2.99. The number of aromatic nitrogens is 4. The smallest absolute Gasteiger partial charge is 0.188 e. The van der Waals surface area contributed by atoms with Crippen molar-refractivity contribution in [1.82, 2.24) is 19.7 Å². The molecule has 0 radical (unpaired) electrons. The van der Waals surface area contributed by atoms with Gasteiger partial charge in [-0.1, -0.05) is 29.8 Å². The van der Waals surface area contributed by atoms with E-state index < -0.39 is 9.84 Å². The number of para-hydroxylation sites is 1. The normalized spacial score (nSPS) is 11.6. The first-order valence-corrected chi connectivity index (χ1v) is 14.0. The van der Waals surface area contributed by atoms with Gasteiger partial charge in [0.25, 0.3) is 0 Å². The van der Waals surface area contributed by atoms with Gasteiger partial charge in [0.1, 0.15) is 33.6 Å². The number of hydrogen-bond donors (Lipinski definition) is 0. The summed E-state index contributed by atoms with van der Waals surface area (Å²) in [7, 11) is 1.10. The SMILES string of the molecule is COCc1nc(-c2nnc(CS(=O)(=O)CCc3ccc(Cl)cc3)n2-c2c(OC)cccc2OC)cs1. The molecule has 0 aliphatic rings. The van der Waals surface area contributed by atoms with E-state index in [0.717, 1.165) is 10.6 Å². The van der Waals surface area contributed by atoms with Crippen LogP contribution in [0.4, 0.5) is 0 Å². The summed E-state index contributed by atoms with van der Waals surface area (Å²) >= 11 is 7.35. The minimum atomic E-state index is -3.56. The van der Waals surface area contributed by atoms with Crippen molar-refractivity contribution in [2.24, 2.45) is 0 Å². The van der Waals surface area contributed by atoms with Crippen molar-refractivity contribution in [1.29, 1.82) is 0 Å². The van der Waals surface area contributed by atoms with Crippen molar-refractivity contribution >= 4 is 32.8 Å². The molecule has 4 rings (SSSR count). The van der Waals surface area contributed by atoms with Crippen molar-refractivity contribution < 1.29 is 22.6 Å². The Morgan fingerprint density at radius 1 is 1.00 bits per heavy atom. The number of aryl methyl sites for hydroxylation is 1. The molecule has 0 N–H and O–H groups in total. The third-order valence-electron chi connectivity index (χ3n) is 5.37. The minimum absolute atomic E-state index is 0.0609. The fraction of sp³-hybridized carbons (Fsp3) is 0.292. The summed E-state index contributed by atoms with van der Waals surface area (Å²) in [6.45, 7) is 0.350. The third kappa shape index (κ3) is 5.86. The average molecular weight is 549 g/mol. The highest BCUT2D eigenvalue weighted by molar-refractivity contribution is 7.90. The highest BCUT2D eigenvalue weighted by Gasteiger charge is 2.26. The zero-order valence-electron chi connectivity index (χ0n) is 20.0. The standard InChI is InChI=1S/C24H25ClN4O5S2/c1-32-13-22-26-18(14-35-22)24-28-27-21(29(24)23-19(33-2)5-4-6-20(23)34-3)15-36(30,31)12-11-16-7-9-17(25)10-8-16/h4-10,14H,11-13,15H2,1-3H3. The Morgan fingerprint density at radius 2 is 1.69 bits per heavy atom. The number of thiazole rings is 1. The molecule has 36 heavy (non-hydrogen) atoms. The summed E-state index contributed by atoms with van der Waals surface area (Å²) < 4.78 is 44.3. The van der Waals surface area contributed by atoms with Gasteiger partial charge in [0.05, 0.1) is 26.6 Å². The molecular formula is C24H25ClN4O5S2. The molecule has 0 fully saturated rings. The lowest BCUT2D eigenvalue weighted by molar-refractivity contribution is 0.184. The van der Waals surface area contributed by atoms with Crippen LogP contribution in [0.2, 0.25) is 5.02 Å². The number of nitrogens with zero attached hydrogens (tertiary/aromatic N) is 4. The molecule has 0 unspecified atom stereocenters. The zero-order valence-corrected chi connectivity index (χ0v) is 22.4. The summed E-state index contributed by atoms with van der Waals surface area (Å²) in [6, 6.07) is 12.4. The molecule has 0 saturated carbocycles. The van der Waals surface area contributed by atoms with Crippen molar-refractivity contribution in [2.75, 3.05) is 27.1 Å². The van der Waals surface area contributed by atoms with E-state index in [4.69, 9.17) is 25.8 Å². The van der Waals surface area contributed by atoms with Gasteiger partial charge in [-0.25, -0.2) is 13.4 Å². The minimum Gasteiger partial charge on any atom is -0.494 e. The lowest BCUT2D eigenvalue weighted by Gasteiger charge is -2.17. The number of ether oxygens (including phenoxy) is 3. The van der Waals surface area contributed by atoms with E-state index in [-0.39, 0.29) is 17.3 Å². The van der Waals surface area contributed by atoms with E-state index in [0.29, 0.717) is 46.8 Å². The lowest BCUT2D eigenvalue weighted by Crippen LogP contribution is -2.16. The Kier molecular flexibility index (Phi) is 8.24. The van der Waals surface area contributed by atoms with Crippen LogP contribution in [0, 0.1) is 0 Å². The van der Waals surface area contributed by atoms with Crippen LogP contribution in [0.1, 0.15) is 16.4 Å². The molecule has 0 bridgehead atoms. The van der Waals surface area contributed by atoms with Gasteiger partial charge in [-0.3, -0.25) is 4.57 Å². The number of benzene rings is 2. The van der Waals surface area contributed by atoms with Crippen LogP contribution < -0.4 is 9.47 Å². The number of halogens is 1. The fourth-order valence-electron chi connectivity index (χ4n) is 3.66. The molecule has 9 nitrogen and oxygen atoms in total. The molecule has 2 aromatic heterocycles. The van der Waals surface area contributed by atoms with Crippen LogP contribution in [-0.4, -0.2) is 55.2 Å². The van der Waals surface area contributed by atoms with Crippen LogP contribution in [0.5, 0.6) is 11.5 Å². The van der Waals surface area contributed by atoms with Crippen molar-refractivity contribution in [3.63, 3.8) is 0 Å². The van der Waals surface area contributed by atoms with Gasteiger partial charge in [-0.05, 0) is 36.2 Å². The van der Waals surface area contributed by atoms with Crippen molar-refractivity contribution in [2.45, 2.75) is 18.8 Å². The predicted octanol–water partition coefficient (Wildman–Crippen LogP) is 4.37. The first-order chi connectivity index (χ1) is 17.3. The summed E-state index contributed by atoms with van der Waals surface area (Å²) in [5.41, 5.74) is 1.91. The van der Waals surface area contributed by atoms with E-state index >= 15 is 0 Å². The zero-order chi connectivity index (χ0) is 25.7. The van der Waals surface area contributed by atoms with Gasteiger partial charge in [-0.15, -0.1) is 21.5 Å². The number of hydrogen-bond acceptors (Lipinski definition) is 9. The maximum atomic E-state index is 13.2. The number of methoxy groups -OCH3 is 3. The van der Waals surface area contributed by atoms with E-state index in [1.807, 2.05) is 17.5 Å². The Balaban J connectivity index is 1.75. The molecular weight excluding hydrogens is 524 g/mol. The second-order valence-corrected chi connectivity index (χ2v) is 11.4. The second kappa shape index (κ2) is 11.4. The van der Waals surface area contributed by atoms with Gasteiger partial charge < -0.3 is 14.2 Å². The Morgan fingerprint density at radius 3 is 2.33 bits per heavy atom. The van der Waals surface area contributed by atoms with E-state index in [9.17, 15) is 8.42 Å². The van der Waals surface area contributed by atoms with Crippen molar-refractivity contribution in [3.8, 4) is 28.7 Å². The Bertz CT molecular complexity index is 1410. The highest BCUT2D eigenvalue weighted by Crippen LogP contribution is 2.36. The predicted molar refractivity (Wildman–Crippen MR) is 139 cm³/mol. The summed E-state index contributed by atoms with van der Waals surface area (Å²) in [5.74, 6) is 1.16. The molecule has 0 saturated heterocycles. The highest BCUT2D eigenvalue weighted by atomic mass is 35.5. The van der Waals surface area contributed by atoms with E-state index in [1.165, 1.54) is 25.6 Å². The molecule has 4 aromatic rings. The van der Waals surface area contributed by atoms with E-state index in [2.05, 4.69) is 15.2 Å². The van der Waals surface area contributed by atoms with Crippen LogP contribution in [0.3, 0.4) is 0 Å². The number of sulfone groups is 1. The molecule has 12 heteroatoms. The molecule has 0 aliphatic heterocycles. The fourth-order valence-corrected chi connectivity index (χ4v) is 5.80. The summed E-state index contributed by atoms with van der Waals surface area (Å²) in [4.78, 5) is 4.59. The van der Waals surface area contributed by atoms with Gasteiger partial charge in [0.15, 0.2) is 21.5 Å². The summed E-state index contributed by atoms with van der Waals surface area (Å²) in [6.07, 6.45) is 0.352. The molecule has 0 atom stereocenters. The first kappa shape index (κ1) is 26.1. The topological polar surface area (TPSA) is 105 Å². The average Bonchev–Trinajstić information content (AvgIpc) is 3.50. The van der Waals surface area contributed by atoms with Crippen LogP contribution in [0.25, 0.3) is 17.2 Å². The monoisotopic (exact) mass is 548 g/mol. The van der Waals surface area contributed by atoms with Crippen LogP contribution in [0.15, 0.2) is 47.8 Å². The van der Waals surface area contributed by atoms with E-state index in [1.54, 1.807) is 42.0 Å². The third-order valence-corrected chi connectivity index (χ3v) is 7.97. The Labute approximate surface area is 218 Å². The first-order valence-electron chi connectivity index (χ1n) is 10.9. The second-order valence-electron chi connectivity index (χ2n) is 7.81. The molecule has 2 aromatic carbocycles. The quantitative estimate of drug-likeness (QED) is 0.272. The van der Waals surface area contributed by atoms with Gasteiger partial charge >= 0.3 is 0 Å². The maximum absolute atomic E-state index is 13.2.